The molecule has 0 bridgehead atoms. The number of pyridine rings is 1. The van der Waals surface area contributed by atoms with Crippen LogP contribution < -0.4 is 9.64 Å². The van der Waals surface area contributed by atoms with Crippen LogP contribution in [0.25, 0.3) is 0 Å². The van der Waals surface area contributed by atoms with E-state index in [0.29, 0.717) is 0 Å². The van der Waals surface area contributed by atoms with Crippen LogP contribution in [0.4, 0.5) is 5.69 Å². The third-order valence-corrected chi connectivity index (χ3v) is 3.93. The second-order valence-corrected chi connectivity index (χ2v) is 5.30. The monoisotopic (exact) mass is 283 g/mol. The van der Waals surface area contributed by atoms with E-state index in [4.69, 9.17) is 4.74 Å². The van der Waals surface area contributed by atoms with Crippen molar-refractivity contribution in [2.24, 2.45) is 0 Å². The maximum Gasteiger partial charge on any atom is 0.142 e. The Hall–Kier alpha value is -2.07. The summed E-state index contributed by atoms with van der Waals surface area (Å²) in [5, 5.41) is 0. The predicted molar refractivity (Wildman–Crippen MR) is 84.7 cm³/mol. The van der Waals surface area contributed by atoms with Crippen molar-refractivity contribution in [2.75, 3.05) is 38.2 Å². The van der Waals surface area contributed by atoms with E-state index in [2.05, 4.69) is 33.0 Å². The molecule has 4 heteroatoms. The van der Waals surface area contributed by atoms with Gasteiger partial charge in [0, 0.05) is 45.1 Å². The van der Waals surface area contributed by atoms with Crippen LogP contribution in [0.3, 0.4) is 0 Å². The Balaban J connectivity index is 1.60. The van der Waals surface area contributed by atoms with Crippen LogP contribution in [0.2, 0.25) is 0 Å². The third-order valence-electron chi connectivity index (χ3n) is 3.93. The molecule has 0 aliphatic carbocycles. The third kappa shape index (κ3) is 3.34. The van der Waals surface area contributed by atoms with E-state index < -0.39 is 0 Å². The fraction of sp³-hybridized carbons (Fsp3) is 0.353. The van der Waals surface area contributed by atoms with E-state index in [1.165, 1.54) is 11.3 Å². The summed E-state index contributed by atoms with van der Waals surface area (Å²) in [4.78, 5) is 9.06. The number of benzene rings is 1. The second-order valence-electron chi connectivity index (χ2n) is 5.30. The van der Waals surface area contributed by atoms with Crippen LogP contribution in [0.1, 0.15) is 5.56 Å². The van der Waals surface area contributed by atoms with Crippen molar-refractivity contribution in [2.45, 2.75) is 6.54 Å². The Morgan fingerprint density at radius 1 is 1.05 bits per heavy atom. The molecule has 21 heavy (non-hydrogen) atoms. The summed E-state index contributed by atoms with van der Waals surface area (Å²) in [6.45, 7) is 5.16. The number of piperazine rings is 1. The minimum Gasteiger partial charge on any atom is -0.495 e. The molecule has 1 aliphatic heterocycles. The van der Waals surface area contributed by atoms with Crippen LogP contribution in [0, 0.1) is 0 Å². The molecule has 1 aromatic heterocycles. The first kappa shape index (κ1) is 13.9. The Morgan fingerprint density at radius 2 is 1.86 bits per heavy atom. The van der Waals surface area contributed by atoms with E-state index in [0.717, 1.165) is 38.5 Å². The summed E-state index contributed by atoms with van der Waals surface area (Å²) in [5.41, 5.74) is 2.48. The second kappa shape index (κ2) is 6.59. The number of hydrogen-bond acceptors (Lipinski definition) is 4. The highest BCUT2D eigenvalue weighted by atomic mass is 16.5. The summed E-state index contributed by atoms with van der Waals surface area (Å²) in [5.74, 6) is 0.957. The van der Waals surface area contributed by atoms with Crippen molar-refractivity contribution in [3.8, 4) is 5.75 Å². The summed E-state index contributed by atoms with van der Waals surface area (Å²) >= 11 is 0. The molecular weight excluding hydrogens is 262 g/mol. The van der Waals surface area contributed by atoms with E-state index in [9.17, 15) is 0 Å². The van der Waals surface area contributed by atoms with Gasteiger partial charge in [-0.05, 0) is 23.8 Å². The summed E-state index contributed by atoms with van der Waals surface area (Å²) in [7, 11) is 1.73. The zero-order chi connectivity index (χ0) is 14.5. The standard InChI is InChI=1S/C17H21N3O/c1-21-17-7-3-2-6-16(17)20-11-9-19(10-12-20)14-15-5-4-8-18-13-15/h2-8,13H,9-12,14H2,1H3. The van der Waals surface area contributed by atoms with Gasteiger partial charge in [0.05, 0.1) is 12.8 Å². The normalized spacial score (nSPS) is 16.0. The van der Waals surface area contributed by atoms with Gasteiger partial charge in [-0.25, -0.2) is 0 Å². The number of rotatable bonds is 4. The lowest BCUT2D eigenvalue weighted by atomic mass is 10.2. The van der Waals surface area contributed by atoms with E-state index in [1.54, 1.807) is 7.11 Å². The van der Waals surface area contributed by atoms with Crippen molar-refractivity contribution in [1.29, 1.82) is 0 Å². The summed E-state index contributed by atoms with van der Waals surface area (Å²) in [6, 6.07) is 12.4. The SMILES string of the molecule is COc1ccccc1N1CCN(Cc2cccnc2)CC1. The van der Waals surface area contributed by atoms with Gasteiger partial charge in [0.1, 0.15) is 5.75 Å². The highest BCUT2D eigenvalue weighted by Crippen LogP contribution is 2.28. The number of methoxy groups -OCH3 is 1. The van der Waals surface area contributed by atoms with E-state index in [-0.39, 0.29) is 0 Å². The van der Waals surface area contributed by atoms with Gasteiger partial charge < -0.3 is 9.64 Å². The van der Waals surface area contributed by atoms with Gasteiger partial charge >= 0.3 is 0 Å². The molecule has 110 valence electrons. The van der Waals surface area contributed by atoms with E-state index in [1.807, 2.05) is 30.6 Å². The predicted octanol–water partition coefficient (Wildman–Crippen LogP) is 2.41. The van der Waals surface area contributed by atoms with Crippen LogP contribution in [-0.2, 0) is 6.54 Å². The van der Waals surface area contributed by atoms with Crippen molar-refractivity contribution >= 4 is 5.69 Å². The molecule has 4 nitrogen and oxygen atoms in total. The van der Waals surface area contributed by atoms with Gasteiger partial charge in [-0.15, -0.1) is 0 Å². The number of nitrogens with zero attached hydrogens (tertiary/aromatic N) is 3. The van der Waals surface area contributed by atoms with Gasteiger partial charge in [-0.1, -0.05) is 18.2 Å². The van der Waals surface area contributed by atoms with Crippen LogP contribution in [0.15, 0.2) is 48.8 Å². The zero-order valence-electron chi connectivity index (χ0n) is 12.4. The number of hydrogen-bond donors (Lipinski definition) is 0. The van der Waals surface area contributed by atoms with Crippen LogP contribution in [0.5, 0.6) is 5.75 Å². The topological polar surface area (TPSA) is 28.6 Å². The molecule has 0 atom stereocenters. The quantitative estimate of drug-likeness (QED) is 0.861. The molecule has 0 unspecified atom stereocenters. The van der Waals surface area contributed by atoms with Gasteiger partial charge in [0.2, 0.25) is 0 Å². The Kier molecular flexibility index (Phi) is 4.36. The number of para-hydroxylation sites is 2. The number of ether oxygens (including phenoxy) is 1. The summed E-state index contributed by atoms with van der Waals surface area (Å²) in [6.07, 6.45) is 3.77. The zero-order valence-corrected chi connectivity index (χ0v) is 12.4. The van der Waals surface area contributed by atoms with Crippen molar-refractivity contribution < 1.29 is 4.74 Å². The van der Waals surface area contributed by atoms with Gasteiger partial charge in [0.25, 0.3) is 0 Å². The fourth-order valence-corrected chi connectivity index (χ4v) is 2.79. The molecule has 0 spiro atoms. The lowest BCUT2D eigenvalue weighted by Crippen LogP contribution is -2.46. The molecule has 1 aromatic carbocycles. The molecule has 0 N–H and O–H groups in total. The lowest BCUT2D eigenvalue weighted by molar-refractivity contribution is 0.249. The molecule has 3 rings (SSSR count). The average Bonchev–Trinajstić information content (AvgIpc) is 2.56. The Labute approximate surface area is 126 Å². The maximum atomic E-state index is 5.46. The van der Waals surface area contributed by atoms with Crippen molar-refractivity contribution in [1.82, 2.24) is 9.88 Å². The Morgan fingerprint density at radius 3 is 2.57 bits per heavy atom. The molecule has 0 saturated carbocycles. The fourth-order valence-electron chi connectivity index (χ4n) is 2.79. The molecule has 2 heterocycles. The van der Waals surface area contributed by atoms with Gasteiger partial charge in [-0.2, -0.15) is 0 Å². The first-order valence-corrected chi connectivity index (χ1v) is 7.36. The minimum atomic E-state index is 0.957. The number of aromatic nitrogens is 1. The first-order chi connectivity index (χ1) is 10.4. The maximum absolute atomic E-state index is 5.46. The molecule has 1 saturated heterocycles. The van der Waals surface area contributed by atoms with Crippen molar-refractivity contribution in [3.05, 3.63) is 54.4 Å². The summed E-state index contributed by atoms with van der Waals surface area (Å²) < 4.78 is 5.46. The highest BCUT2D eigenvalue weighted by molar-refractivity contribution is 5.58. The molecular formula is C17H21N3O. The number of anilines is 1. The van der Waals surface area contributed by atoms with Crippen LogP contribution in [-0.4, -0.2) is 43.2 Å². The minimum absolute atomic E-state index is 0.957. The molecule has 0 radical (unpaired) electrons. The molecule has 0 amide bonds. The molecule has 2 aromatic rings. The smallest absolute Gasteiger partial charge is 0.142 e. The van der Waals surface area contributed by atoms with Gasteiger partial charge in [-0.3, -0.25) is 9.88 Å². The molecule has 1 fully saturated rings. The van der Waals surface area contributed by atoms with E-state index >= 15 is 0 Å². The first-order valence-electron chi connectivity index (χ1n) is 7.36. The molecule has 1 aliphatic rings. The van der Waals surface area contributed by atoms with Crippen LogP contribution >= 0.6 is 0 Å². The highest BCUT2D eigenvalue weighted by Gasteiger charge is 2.19. The van der Waals surface area contributed by atoms with Crippen molar-refractivity contribution in [3.63, 3.8) is 0 Å². The largest absolute Gasteiger partial charge is 0.495 e. The van der Waals surface area contributed by atoms with Gasteiger partial charge in [0.15, 0.2) is 0 Å². The lowest BCUT2D eigenvalue weighted by Gasteiger charge is -2.36. The Bertz CT molecular complexity index is 565. The average molecular weight is 283 g/mol.